The third-order valence-corrected chi connectivity index (χ3v) is 0.934. The summed E-state index contributed by atoms with van der Waals surface area (Å²) < 4.78 is 0.118. The Hall–Kier alpha value is -0.680. The van der Waals surface area contributed by atoms with Crippen LogP contribution in [0.1, 0.15) is 0 Å². The monoisotopic (exact) mass is 171 g/mol. The lowest BCUT2D eigenvalue weighted by molar-refractivity contribution is 0.217. The van der Waals surface area contributed by atoms with Gasteiger partial charge in [-0.3, -0.25) is 0 Å². The molecule has 4 amide bonds. The molecule has 0 aromatic rings. The highest BCUT2D eigenvalue weighted by Gasteiger charge is 2.14. The second kappa shape index (κ2) is 3.37. The number of imide groups is 1. The Bertz CT molecular complexity index is 138. The van der Waals surface area contributed by atoms with E-state index in [4.69, 9.17) is 23.6 Å². The molecule has 0 spiro atoms. The molecular weight excluding hydrogens is 169 g/mol. The van der Waals surface area contributed by atoms with E-state index in [1.54, 1.807) is 4.84 Å². The summed E-state index contributed by atoms with van der Waals surface area (Å²) in [6.07, 6.45) is 0. The van der Waals surface area contributed by atoms with Gasteiger partial charge in [-0.05, 0) is 0 Å². The second-order valence-electron chi connectivity index (χ2n) is 1.02. The number of nitrogens with one attached hydrogen (secondary N) is 1. The third-order valence-electron chi connectivity index (χ3n) is 0.453. The maximum Gasteiger partial charge on any atom is 0.355 e. The number of rotatable bonds is 0. The Morgan fingerprint density at radius 3 is 2.11 bits per heavy atom. The van der Waals surface area contributed by atoms with Crippen molar-refractivity contribution >= 4 is 35.6 Å². The van der Waals surface area contributed by atoms with E-state index in [2.05, 4.69) is 5.73 Å². The number of amides is 4. The fourth-order valence-corrected chi connectivity index (χ4v) is 0.307. The number of carbonyl (C=O) groups is 2. The second-order valence-corrected chi connectivity index (χ2v) is 1.55. The van der Waals surface area contributed by atoms with Crippen LogP contribution >= 0.6 is 23.6 Å². The molecule has 0 rings (SSSR count). The molecule has 3 N–H and O–H groups in total. The molecular formula is C2H3Cl2N3O2. The van der Waals surface area contributed by atoms with E-state index in [1.165, 1.54) is 0 Å². The summed E-state index contributed by atoms with van der Waals surface area (Å²) in [4.78, 5) is 21.8. The van der Waals surface area contributed by atoms with Crippen LogP contribution in [-0.2, 0) is 0 Å². The average molecular weight is 172 g/mol. The minimum absolute atomic E-state index is 0.118. The van der Waals surface area contributed by atoms with Crippen LogP contribution in [-0.4, -0.2) is 16.5 Å². The average Bonchev–Trinajstić information content (AvgIpc) is 1.84. The first-order valence-electron chi connectivity index (χ1n) is 1.75. The summed E-state index contributed by atoms with van der Waals surface area (Å²) in [5, 5.41) is 0. The highest BCUT2D eigenvalue weighted by Crippen LogP contribution is 1.93. The fraction of sp³-hybridized carbons (Fsp3) is 0. The van der Waals surface area contributed by atoms with Gasteiger partial charge in [-0.15, -0.1) is 0 Å². The van der Waals surface area contributed by atoms with Crippen molar-refractivity contribution < 1.29 is 9.59 Å². The van der Waals surface area contributed by atoms with E-state index >= 15 is 0 Å². The zero-order chi connectivity index (χ0) is 7.44. The fourth-order valence-electron chi connectivity index (χ4n) is 0.137. The molecule has 0 aromatic carbocycles. The first-order valence-corrected chi connectivity index (χ1v) is 2.47. The van der Waals surface area contributed by atoms with E-state index in [0.717, 1.165) is 0 Å². The molecule has 0 radical (unpaired) electrons. The molecule has 7 heteroatoms. The number of nitrogens with zero attached hydrogens (tertiary/aromatic N) is 1. The maximum atomic E-state index is 10.2. The summed E-state index contributed by atoms with van der Waals surface area (Å²) >= 11 is 9.69. The normalized spacial score (nSPS) is 8.22. The van der Waals surface area contributed by atoms with E-state index in [-0.39, 0.29) is 4.42 Å². The Morgan fingerprint density at radius 2 is 2.00 bits per heavy atom. The molecule has 5 nitrogen and oxygen atoms in total. The number of urea groups is 2. The SMILES string of the molecule is NC(=O)N(Cl)C(=O)NCl. The Balaban J connectivity index is 3.88. The highest BCUT2D eigenvalue weighted by atomic mass is 35.5. The predicted molar refractivity (Wildman–Crippen MR) is 31.7 cm³/mol. The first-order chi connectivity index (χ1) is 4.09. The van der Waals surface area contributed by atoms with Gasteiger partial charge in [-0.2, -0.15) is 4.42 Å². The van der Waals surface area contributed by atoms with Gasteiger partial charge in [0, 0.05) is 23.6 Å². The largest absolute Gasteiger partial charge is 0.355 e. The molecule has 0 unspecified atom stereocenters. The number of carbonyl (C=O) groups excluding carboxylic acids is 2. The van der Waals surface area contributed by atoms with E-state index in [1.807, 2.05) is 0 Å². The van der Waals surface area contributed by atoms with Crippen molar-refractivity contribution in [3.63, 3.8) is 0 Å². The number of halogens is 2. The lowest BCUT2D eigenvalue weighted by atomic mass is 10.9. The van der Waals surface area contributed by atoms with Crippen molar-refractivity contribution in [2.45, 2.75) is 0 Å². The van der Waals surface area contributed by atoms with Crippen LogP contribution in [0.2, 0.25) is 0 Å². The molecule has 0 bridgehead atoms. The maximum absolute atomic E-state index is 10.2. The van der Waals surface area contributed by atoms with Crippen LogP contribution in [0.25, 0.3) is 0 Å². The molecule has 0 saturated heterocycles. The zero-order valence-corrected chi connectivity index (χ0v) is 5.61. The number of nitrogens with two attached hydrogens (primary N) is 1. The van der Waals surface area contributed by atoms with Crippen molar-refractivity contribution in [1.29, 1.82) is 0 Å². The van der Waals surface area contributed by atoms with Gasteiger partial charge in [0.2, 0.25) is 0 Å². The van der Waals surface area contributed by atoms with Crippen LogP contribution < -0.4 is 10.6 Å². The summed E-state index contributed by atoms with van der Waals surface area (Å²) in [6.45, 7) is 0. The van der Waals surface area contributed by atoms with Crippen LogP contribution in [0, 0.1) is 0 Å². The summed E-state index contributed by atoms with van der Waals surface area (Å²) in [6, 6.07) is -2.07. The molecule has 0 aromatic heterocycles. The molecule has 0 aliphatic heterocycles. The van der Waals surface area contributed by atoms with Gasteiger partial charge in [0.15, 0.2) is 0 Å². The van der Waals surface area contributed by atoms with Crippen LogP contribution in [0.5, 0.6) is 0 Å². The van der Waals surface area contributed by atoms with Gasteiger partial charge in [0.25, 0.3) is 0 Å². The van der Waals surface area contributed by atoms with Crippen LogP contribution in [0.3, 0.4) is 0 Å². The van der Waals surface area contributed by atoms with Gasteiger partial charge in [0.1, 0.15) is 0 Å². The van der Waals surface area contributed by atoms with E-state index in [9.17, 15) is 9.59 Å². The molecule has 0 aliphatic carbocycles. The van der Waals surface area contributed by atoms with Gasteiger partial charge in [0.05, 0.1) is 0 Å². The van der Waals surface area contributed by atoms with Gasteiger partial charge in [-0.25, -0.2) is 14.4 Å². The lowest BCUT2D eigenvalue weighted by Gasteiger charge is -2.04. The molecule has 0 atom stereocenters. The Morgan fingerprint density at radius 1 is 1.56 bits per heavy atom. The number of hydrogen-bond donors (Lipinski definition) is 2. The standard InChI is InChI=1S/C2H3Cl2N3O2/c3-6-2(9)7(4)1(5)8/h(H2,5,8)(H,6,9). The van der Waals surface area contributed by atoms with E-state index < -0.39 is 12.1 Å². The predicted octanol–water partition coefficient (Wildman–Crippen LogP) is 0.384. The van der Waals surface area contributed by atoms with Crippen molar-refractivity contribution in [1.82, 2.24) is 9.25 Å². The minimum atomic E-state index is -1.09. The number of hydrogen-bond acceptors (Lipinski definition) is 2. The molecule has 52 valence electrons. The highest BCUT2D eigenvalue weighted by molar-refractivity contribution is 6.33. The summed E-state index contributed by atoms with van der Waals surface area (Å²) in [5.74, 6) is 0. The quantitative estimate of drug-likeness (QED) is 0.518. The van der Waals surface area contributed by atoms with E-state index in [0.29, 0.717) is 0 Å². The summed E-state index contributed by atoms with van der Waals surface area (Å²) in [5.41, 5.74) is 4.55. The molecule has 0 aliphatic rings. The number of primary amides is 1. The summed E-state index contributed by atoms with van der Waals surface area (Å²) in [7, 11) is 0. The molecule has 9 heavy (non-hydrogen) atoms. The van der Waals surface area contributed by atoms with Crippen molar-refractivity contribution in [3.05, 3.63) is 0 Å². The van der Waals surface area contributed by atoms with Gasteiger partial charge < -0.3 is 5.73 Å². The Kier molecular flexibility index (Phi) is 3.11. The van der Waals surface area contributed by atoms with Crippen molar-refractivity contribution in [3.8, 4) is 0 Å². The Labute approximate surface area is 60.9 Å². The first kappa shape index (κ1) is 8.32. The van der Waals surface area contributed by atoms with Crippen LogP contribution in [0.4, 0.5) is 9.59 Å². The molecule has 0 heterocycles. The molecule has 0 saturated carbocycles. The smallest absolute Gasteiger partial charge is 0.350 e. The van der Waals surface area contributed by atoms with Crippen LogP contribution in [0.15, 0.2) is 0 Å². The van der Waals surface area contributed by atoms with Gasteiger partial charge in [-0.1, -0.05) is 0 Å². The minimum Gasteiger partial charge on any atom is -0.350 e. The van der Waals surface area contributed by atoms with Crippen molar-refractivity contribution in [2.75, 3.05) is 0 Å². The third kappa shape index (κ3) is 2.39. The topological polar surface area (TPSA) is 75.4 Å². The molecule has 0 fully saturated rings. The zero-order valence-electron chi connectivity index (χ0n) is 4.10. The lowest BCUT2D eigenvalue weighted by Crippen LogP contribution is -2.36. The van der Waals surface area contributed by atoms with Gasteiger partial charge >= 0.3 is 12.1 Å². The van der Waals surface area contributed by atoms with Crippen molar-refractivity contribution in [2.24, 2.45) is 5.73 Å².